The van der Waals surface area contributed by atoms with Gasteiger partial charge in [0.25, 0.3) is 0 Å². The molecule has 4 fully saturated rings. The summed E-state index contributed by atoms with van der Waals surface area (Å²) in [5, 5.41) is 0. The van der Waals surface area contributed by atoms with Gasteiger partial charge in [0.15, 0.2) is 0 Å². The standard InChI is InChI=1S/C28H35IO4/c1-16(30)22-9-10-23-21-8-7-18-14-20(33-26(32)17-5-4-6-19(29)13-17)11-12-27(18,2)25(21)24(31)15-28(22,23)3/h4-6,13,18,20-23,25H,7-12,14-15H2,1-3H3/t18-,20+,21-,22-,23+,25+,27-,28+/m0/s1. The van der Waals surface area contributed by atoms with Crippen molar-refractivity contribution in [1.82, 2.24) is 0 Å². The number of halogens is 1. The molecule has 4 aliphatic rings. The summed E-state index contributed by atoms with van der Waals surface area (Å²) in [5.41, 5.74) is 0.454. The first kappa shape index (κ1) is 23.5. The Balaban J connectivity index is 1.32. The van der Waals surface area contributed by atoms with E-state index in [0.717, 1.165) is 48.5 Å². The third-order valence-electron chi connectivity index (χ3n) is 10.1. The zero-order chi connectivity index (χ0) is 23.5. The number of benzene rings is 1. The van der Waals surface area contributed by atoms with Crippen LogP contribution in [-0.4, -0.2) is 23.6 Å². The topological polar surface area (TPSA) is 60.4 Å². The highest BCUT2D eigenvalue weighted by Crippen LogP contribution is 2.66. The largest absolute Gasteiger partial charge is 0.459 e. The number of fused-ring (bicyclic) bond motifs is 5. The van der Waals surface area contributed by atoms with Gasteiger partial charge in [0.1, 0.15) is 17.7 Å². The molecule has 4 aliphatic carbocycles. The summed E-state index contributed by atoms with van der Waals surface area (Å²) in [7, 11) is 0. The fourth-order valence-electron chi connectivity index (χ4n) is 8.64. The first-order chi connectivity index (χ1) is 15.6. The number of ether oxygens (including phenoxy) is 1. The number of Topliss-reactive ketones (excluding diaryl/α,β-unsaturated/α-hetero) is 2. The van der Waals surface area contributed by atoms with Gasteiger partial charge in [-0.3, -0.25) is 9.59 Å². The first-order valence-corrected chi connectivity index (χ1v) is 13.7. The van der Waals surface area contributed by atoms with E-state index < -0.39 is 0 Å². The number of carbonyl (C=O) groups is 3. The van der Waals surface area contributed by atoms with Gasteiger partial charge in [-0.2, -0.15) is 0 Å². The molecule has 1 aromatic carbocycles. The molecular formula is C28H35IO4. The smallest absolute Gasteiger partial charge is 0.338 e. The van der Waals surface area contributed by atoms with Crippen LogP contribution in [-0.2, 0) is 14.3 Å². The molecule has 4 saturated carbocycles. The predicted octanol–water partition coefficient (Wildman–Crippen LogP) is 6.24. The van der Waals surface area contributed by atoms with E-state index in [2.05, 4.69) is 36.4 Å². The average molecular weight is 562 g/mol. The summed E-state index contributed by atoms with van der Waals surface area (Å²) in [5.74, 6) is 1.90. The van der Waals surface area contributed by atoms with E-state index in [1.807, 2.05) is 24.3 Å². The second-order valence-electron chi connectivity index (χ2n) is 11.7. The molecule has 0 aromatic heterocycles. The lowest BCUT2D eigenvalue weighted by atomic mass is 9.44. The van der Waals surface area contributed by atoms with Crippen molar-refractivity contribution in [2.24, 2.45) is 40.4 Å². The first-order valence-electron chi connectivity index (χ1n) is 12.6. The molecule has 33 heavy (non-hydrogen) atoms. The maximum Gasteiger partial charge on any atom is 0.338 e. The minimum atomic E-state index is -0.235. The van der Waals surface area contributed by atoms with Crippen LogP contribution >= 0.6 is 22.6 Å². The van der Waals surface area contributed by atoms with Crippen LogP contribution in [0.15, 0.2) is 24.3 Å². The lowest BCUT2D eigenvalue weighted by Gasteiger charge is -2.59. The van der Waals surface area contributed by atoms with E-state index in [0.29, 0.717) is 35.5 Å². The second kappa shape index (κ2) is 8.46. The van der Waals surface area contributed by atoms with Crippen LogP contribution in [0.1, 0.15) is 82.5 Å². The molecule has 0 radical (unpaired) electrons. The Labute approximate surface area is 210 Å². The van der Waals surface area contributed by atoms with E-state index >= 15 is 0 Å². The Morgan fingerprint density at radius 1 is 1.06 bits per heavy atom. The lowest BCUT2D eigenvalue weighted by Crippen LogP contribution is -2.58. The molecule has 8 atom stereocenters. The van der Waals surface area contributed by atoms with E-state index in [4.69, 9.17) is 4.74 Å². The van der Waals surface area contributed by atoms with Gasteiger partial charge in [-0.1, -0.05) is 19.9 Å². The summed E-state index contributed by atoms with van der Waals surface area (Å²) >= 11 is 2.21. The number of carbonyl (C=O) groups excluding carboxylic acids is 3. The highest BCUT2D eigenvalue weighted by molar-refractivity contribution is 14.1. The molecule has 5 rings (SSSR count). The number of rotatable bonds is 3. The Kier molecular flexibility index (Phi) is 6.02. The fourth-order valence-corrected chi connectivity index (χ4v) is 9.19. The van der Waals surface area contributed by atoms with Crippen LogP contribution < -0.4 is 0 Å². The van der Waals surface area contributed by atoms with Gasteiger partial charge in [-0.05, 0) is 121 Å². The molecule has 178 valence electrons. The van der Waals surface area contributed by atoms with Gasteiger partial charge >= 0.3 is 5.97 Å². The predicted molar refractivity (Wildman–Crippen MR) is 135 cm³/mol. The van der Waals surface area contributed by atoms with Crippen molar-refractivity contribution in [3.63, 3.8) is 0 Å². The molecule has 0 amide bonds. The van der Waals surface area contributed by atoms with Crippen LogP contribution in [0.25, 0.3) is 0 Å². The maximum absolute atomic E-state index is 13.7. The molecule has 0 heterocycles. The van der Waals surface area contributed by atoms with Gasteiger partial charge < -0.3 is 4.74 Å². The minimum Gasteiger partial charge on any atom is -0.459 e. The Hall–Kier alpha value is -1.24. The van der Waals surface area contributed by atoms with Crippen molar-refractivity contribution >= 4 is 40.1 Å². The maximum atomic E-state index is 13.7. The van der Waals surface area contributed by atoms with Crippen LogP contribution in [0.3, 0.4) is 0 Å². The Morgan fingerprint density at radius 2 is 1.85 bits per heavy atom. The zero-order valence-corrected chi connectivity index (χ0v) is 22.1. The van der Waals surface area contributed by atoms with Crippen molar-refractivity contribution in [2.75, 3.05) is 0 Å². The van der Waals surface area contributed by atoms with Gasteiger partial charge in [-0.25, -0.2) is 4.79 Å². The lowest BCUT2D eigenvalue weighted by molar-refractivity contribution is -0.162. The fraction of sp³-hybridized carbons (Fsp3) is 0.679. The Bertz CT molecular complexity index is 988. The normalized spacial score (nSPS) is 42.1. The van der Waals surface area contributed by atoms with Crippen molar-refractivity contribution in [3.05, 3.63) is 33.4 Å². The zero-order valence-electron chi connectivity index (χ0n) is 19.9. The van der Waals surface area contributed by atoms with E-state index in [9.17, 15) is 14.4 Å². The van der Waals surface area contributed by atoms with Crippen LogP contribution in [0.5, 0.6) is 0 Å². The van der Waals surface area contributed by atoms with Crippen molar-refractivity contribution < 1.29 is 19.1 Å². The summed E-state index contributed by atoms with van der Waals surface area (Å²) in [6.07, 6.45) is 7.33. The average Bonchev–Trinajstić information content (AvgIpc) is 3.10. The molecule has 0 saturated heterocycles. The molecule has 0 aliphatic heterocycles. The number of esters is 1. The minimum absolute atomic E-state index is 0.0132. The molecule has 0 spiro atoms. The summed E-state index contributed by atoms with van der Waals surface area (Å²) in [6.45, 7) is 6.27. The Morgan fingerprint density at radius 3 is 2.58 bits per heavy atom. The molecule has 0 bridgehead atoms. The summed E-state index contributed by atoms with van der Waals surface area (Å²) in [4.78, 5) is 38.8. The van der Waals surface area contributed by atoms with E-state index in [1.165, 1.54) is 0 Å². The number of ketones is 2. The molecule has 1 aromatic rings. The number of hydrogen-bond acceptors (Lipinski definition) is 4. The third kappa shape index (κ3) is 3.81. The van der Waals surface area contributed by atoms with Gasteiger partial charge in [0.2, 0.25) is 0 Å². The molecule has 4 nitrogen and oxygen atoms in total. The molecule has 5 heteroatoms. The SMILES string of the molecule is CC(=O)[C@@H]1CC[C@@H]2[C@@H]3CC[C@H]4C[C@H](OC(=O)c5cccc(I)c5)CC[C@]4(C)[C@H]3C(=O)C[C@@]21C. The van der Waals surface area contributed by atoms with Crippen LogP contribution in [0, 0.1) is 44.0 Å². The van der Waals surface area contributed by atoms with Gasteiger partial charge in [-0.15, -0.1) is 0 Å². The van der Waals surface area contributed by atoms with Crippen LogP contribution in [0.2, 0.25) is 0 Å². The van der Waals surface area contributed by atoms with Crippen molar-refractivity contribution in [2.45, 2.75) is 78.2 Å². The second-order valence-corrected chi connectivity index (χ2v) is 13.0. The van der Waals surface area contributed by atoms with E-state index in [-0.39, 0.29) is 40.5 Å². The highest BCUT2D eigenvalue weighted by Gasteiger charge is 2.63. The van der Waals surface area contributed by atoms with Crippen molar-refractivity contribution in [1.29, 1.82) is 0 Å². The molecular weight excluding hydrogens is 527 g/mol. The quantitative estimate of drug-likeness (QED) is 0.323. The number of hydrogen-bond donors (Lipinski definition) is 0. The van der Waals surface area contributed by atoms with E-state index in [1.54, 1.807) is 6.92 Å². The van der Waals surface area contributed by atoms with Gasteiger partial charge in [0.05, 0.1) is 5.56 Å². The molecule has 0 unspecified atom stereocenters. The highest BCUT2D eigenvalue weighted by atomic mass is 127. The van der Waals surface area contributed by atoms with Crippen LogP contribution in [0.4, 0.5) is 0 Å². The molecule has 0 N–H and O–H groups in total. The monoisotopic (exact) mass is 562 g/mol. The van der Waals surface area contributed by atoms with Crippen molar-refractivity contribution in [3.8, 4) is 0 Å². The van der Waals surface area contributed by atoms with Gasteiger partial charge in [0, 0.05) is 21.8 Å². The summed E-state index contributed by atoms with van der Waals surface area (Å²) in [6, 6.07) is 7.54. The third-order valence-corrected chi connectivity index (χ3v) is 10.8. The summed E-state index contributed by atoms with van der Waals surface area (Å²) < 4.78 is 6.98.